The standard InChI is InChI=1S/C6H3BrClN3.ClH/c7-5-6-9-1-2-11(6)3-4(8)10-5;/h1-3H;1H. The molecular weight excluding hydrogens is 265 g/mol. The first-order valence-corrected chi connectivity index (χ1v) is 4.09. The van der Waals surface area contributed by atoms with E-state index < -0.39 is 0 Å². The molecule has 0 amide bonds. The number of halogens is 3. The molecular formula is C6H4BrCl2N3. The van der Waals surface area contributed by atoms with Gasteiger partial charge in [-0.15, -0.1) is 12.4 Å². The lowest BCUT2D eigenvalue weighted by Gasteiger charge is -1.95. The van der Waals surface area contributed by atoms with E-state index >= 15 is 0 Å². The van der Waals surface area contributed by atoms with E-state index in [2.05, 4.69) is 25.9 Å². The molecule has 0 aliphatic carbocycles. The minimum Gasteiger partial charge on any atom is -0.302 e. The van der Waals surface area contributed by atoms with E-state index in [-0.39, 0.29) is 12.4 Å². The molecule has 0 unspecified atom stereocenters. The van der Waals surface area contributed by atoms with Crippen molar-refractivity contribution in [3.63, 3.8) is 0 Å². The summed E-state index contributed by atoms with van der Waals surface area (Å²) in [5, 5.41) is 0.447. The zero-order valence-electron chi connectivity index (χ0n) is 5.74. The van der Waals surface area contributed by atoms with Gasteiger partial charge < -0.3 is 4.40 Å². The second-order valence-electron chi connectivity index (χ2n) is 2.01. The molecule has 2 aromatic heterocycles. The van der Waals surface area contributed by atoms with Crippen LogP contribution in [0.3, 0.4) is 0 Å². The van der Waals surface area contributed by atoms with Gasteiger partial charge in [0.1, 0.15) is 5.15 Å². The molecule has 2 rings (SSSR count). The van der Waals surface area contributed by atoms with Crippen molar-refractivity contribution in [2.75, 3.05) is 0 Å². The number of rotatable bonds is 0. The molecule has 0 aromatic carbocycles. The smallest absolute Gasteiger partial charge is 0.170 e. The summed E-state index contributed by atoms with van der Waals surface area (Å²) in [5.41, 5.74) is 0.773. The quantitative estimate of drug-likeness (QED) is 0.735. The van der Waals surface area contributed by atoms with Gasteiger partial charge in [-0.1, -0.05) is 11.6 Å². The molecule has 0 bridgehead atoms. The van der Waals surface area contributed by atoms with E-state index in [1.165, 1.54) is 0 Å². The third-order valence-corrected chi connectivity index (χ3v) is 2.02. The number of nitrogens with zero attached hydrogens (tertiary/aromatic N) is 3. The van der Waals surface area contributed by atoms with E-state index in [1.54, 1.807) is 16.8 Å². The molecule has 12 heavy (non-hydrogen) atoms. The highest BCUT2D eigenvalue weighted by Gasteiger charge is 2.01. The van der Waals surface area contributed by atoms with Crippen molar-refractivity contribution in [2.45, 2.75) is 0 Å². The molecule has 2 aromatic rings. The predicted octanol–water partition coefficient (Wildman–Crippen LogP) is 2.57. The lowest BCUT2D eigenvalue weighted by atomic mass is 10.7. The molecule has 0 fully saturated rings. The molecule has 0 N–H and O–H groups in total. The second-order valence-corrected chi connectivity index (χ2v) is 3.15. The van der Waals surface area contributed by atoms with E-state index in [0.717, 1.165) is 5.65 Å². The Bertz CT molecular complexity index is 401. The maximum absolute atomic E-state index is 5.69. The zero-order chi connectivity index (χ0) is 7.84. The molecule has 0 radical (unpaired) electrons. The third kappa shape index (κ3) is 1.55. The fourth-order valence-corrected chi connectivity index (χ4v) is 1.65. The number of imidazole rings is 1. The van der Waals surface area contributed by atoms with E-state index in [0.29, 0.717) is 9.76 Å². The Hall–Kier alpha value is -0.320. The first kappa shape index (κ1) is 9.77. The largest absolute Gasteiger partial charge is 0.302 e. The Morgan fingerprint density at radius 3 is 3.00 bits per heavy atom. The maximum Gasteiger partial charge on any atom is 0.170 e. The van der Waals surface area contributed by atoms with Crippen LogP contribution < -0.4 is 0 Å². The lowest BCUT2D eigenvalue weighted by molar-refractivity contribution is 1.11. The average molecular weight is 269 g/mol. The van der Waals surface area contributed by atoms with Crippen LogP contribution in [0.15, 0.2) is 23.2 Å². The number of hydrogen-bond acceptors (Lipinski definition) is 2. The van der Waals surface area contributed by atoms with Crippen molar-refractivity contribution in [2.24, 2.45) is 0 Å². The molecule has 2 heterocycles. The lowest BCUT2D eigenvalue weighted by Crippen LogP contribution is -1.87. The van der Waals surface area contributed by atoms with Crippen molar-refractivity contribution in [1.82, 2.24) is 14.4 Å². The fourth-order valence-electron chi connectivity index (χ4n) is 0.864. The summed E-state index contributed by atoms with van der Waals surface area (Å²) in [6.45, 7) is 0. The highest BCUT2D eigenvalue weighted by Crippen LogP contribution is 2.16. The summed E-state index contributed by atoms with van der Waals surface area (Å²) in [6, 6.07) is 0. The first-order chi connectivity index (χ1) is 5.27. The summed E-state index contributed by atoms with van der Waals surface area (Å²) in [7, 11) is 0. The van der Waals surface area contributed by atoms with Gasteiger partial charge in [-0.2, -0.15) is 0 Å². The molecule has 0 spiro atoms. The van der Waals surface area contributed by atoms with E-state index in [4.69, 9.17) is 11.6 Å². The first-order valence-electron chi connectivity index (χ1n) is 2.92. The molecule has 3 nitrogen and oxygen atoms in total. The third-order valence-electron chi connectivity index (χ3n) is 1.30. The molecule has 0 atom stereocenters. The van der Waals surface area contributed by atoms with Crippen molar-refractivity contribution in [3.8, 4) is 0 Å². The van der Waals surface area contributed by atoms with Crippen LogP contribution in [0.2, 0.25) is 5.15 Å². The van der Waals surface area contributed by atoms with Crippen molar-refractivity contribution < 1.29 is 0 Å². The van der Waals surface area contributed by atoms with Crippen molar-refractivity contribution >= 4 is 45.6 Å². The normalized spacial score (nSPS) is 9.83. The maximum atomic E-state index is 5.69. The van der Waals surface area contributed by atoms with Gasteiger partial charge in [-0.25, -0.2) is 9.97 Å². The summed E-state index contributed by atoms with van der Waals surface area (Å²) < 4.78 is 2.47. The van der Waals surface area contributed by atoms with Crippen molar-refractivity contribution in [3.05, 3.63) is 28.3 Å². The number of aromatic nitrogens is 3. The monoisotopic (exact) mass is 267 g/mol. The fraction of sp³-hybridized carbons (Fsp3) is 0. The molecule has 64 valence electrons. The van der Waals surface area contributed by atoms with Crippen LogP contribution in [0.4, 0.5) is 0 Å². The Morgan fingerprint density at radius 1 is 1.50 bits per heavy atom. The summed E-state index contributed by atoms with van der Waals surface area (Å²) >= 11 is 8.94. The highest BCUT2D eigenvalue weighted by molar-refractivity contribution is 9.10. The molecule has 0 saturated heterocycles. The van der Waals surface area contributed by atoms with Crippen LogP contribution in [-0.4, -0.2) is 14.4 Å². The number of fused-ring (bicyclic) bond motifs is 1. The Kier molecular flexibility index (Phi) is 2.93. The van der Waals surface area contributed by atoms with Gasteiger partial charge in [0.05, 0.1) is 0 Å². The van der Waals surface area contributed by atoms with E-state index in [9.17, 15) is 0 Å². The Labute approximate surface area is 88.3 Å². The van der Waals surface area contributed by atoms with Crippen LogP contribution in [0, 0.1) is 0 Å². The van der Waals surface area contributed by atoms with Gasteiger partial charge >= 0.3 is 0 Å². The Morgan fingerprint density at radius 2 is 2.25 bits per heavy atom. The zero-order valence-corrected chi connectivity index (χ0v) is 8.90. The predicted molar refractivity (Wildman–Crippen MR) is 52.9 cm³/mol. The topological polar surface area (TPSA) is 30.2 Å². The molecule has 0 aliphatic heterocycles. The van der Waals surface area contributed by atoms with Gasteiger partial charge in [0.15, 0.2) is 10.3 Å². The number of hydrogen-bond donors (Lipinski definition) is 0. The average Bonchev–Trinajstić information content (AvgIpc) is 2.34. The van der Waals surface area contributed by atoms with Gasteiger partial charge in [0.2, 0.25) is 0 Å². The van der Waals surface area contributed by atoms with Gasteiger partial charge in [-0.05, 0) is 15.9 Å². The van der Waals surface area contributed by atoms with Gasteiger partial charge in [0, 0.05) is 18.6 Å². The van der Waals surface area contributed by atoms with Crippen molar-refractivity contribution in [1.29, 1.82) is 0 Å². The highest BCUT2D eigenvalue weighted by atomic mass is 79.9. The minimum atomic E-state index is 0. The van der Waals surface area contributed by atoms with E-state index in [1.807, 2.05) is 6.20 Å². The minimum absolute atomic E-state index is 0. The molecule has 0 aliphatic rings. The summed E-state index contributed by atoms with van der Waals surface area (Å²) in [4.78, 5) is 8.03. The van der Waals surface area contributed by atoms with Gasteiger partial charge in [0.25, 0.3) is 0 Å². The van der Waals surface area contributed by atoms with Crippen LogP contribution in [0.25, 0.3) is 5.65 Å². The van der Waals surface area contributed by atoms with Gasteiger partial charge in [-0.3, -0.25) is 0 Å². The Balaban J connectivity index is 0.000000720. The molecule has 6 heteroatoms. The van der Waals surface area contributed by atoms with Crippen LogP contribution in [0.5, 0.6) is 0 Å². The van der Waals surface area contributed by atoms with Crippen LogP contribution >= 0.6 is 39.9 Å². The van der Waals surface area contributed by atoms with Crippen LogP contribution in [0.1, 0.15) is 0 Å². The second kappa shape index (κ2) is 3.60. The molecule has 0 saturated carbocycles. The summed E-state index contributed by atoms with van der Waals surface area (Å²) in [6.07, 6.45) is 5.21. The van der Waals surface area contributed by atoms with Crippen LogP contribution in [-0.2, 0) is 0 Å². The SMILES string of the molecule is Cl.Clc1cn2ccnc2c(Br)n1. The summed E-state index contributed by atoms with van der Waals surface area (Å²) in [5.74, 6) is 0.